The molecule has 0 atom stereocenters. The number of amides is 1. The second-order valence-corrected chi connectivity index (χ2v) is 9.55. The van der Waals surface area contributed by atoms with Gasteiger partial charge in [0.15, 0.2) is 0 Å². The van der Waals surface area contributed by atoms with Gasteiger partial charge < -0.3 is 10.1 Å². The fourth-order valence-corrected chi connectivity index (χ4v) is 4.65. The molecule has 1 amide bonds. The van der Waals surface area contributed by atoms with Gasteiger partial charge in [0.1, 0.15) is 23.9 Å². The van der Waals surface area contributed by atoms with Crippen LogP contribution in [0.15, 0.2) is 60.9 Å². The van der Waals surface area contributed by atoms with Gasteiger partial charge in [-0.25, -0.2) is 9.37 Å². The topological polar surface area (TPSA) is 69.0 Å². The third-order valence-electron chi connectivity index (χ3n) is 6.24. The van der Waals surface area contributed by atoms with Crippen molar-refractivity contribution in [2.45, 2.75) is 44.4 Å². The van der Waals surface area contributed by atoms with Gasteiger partial charge in [-0.3, -0.25) is 9.48 Å². The number of rotatable bonds is 6. The Morgan fingerprint density at radius 2 is 1.91 bits per heavy atom. The number of aromatic nitrogens is 3. The van der Waals surface area contributed by atoms with E-state index in [0.29, 0.717) is 16.5 Å². The SMILES string of the molecule is O=C(NC1CCC(n2cc(COc3ccc(Cl)c(F)c3)cn2)CC1)c1ccc2cc(Cl)ccc2n1. The van der Waals surface area contributed by atoms with Crippen LogP contribution in [-0.4, -0.2) is 26.7 Å². The lowest BCUT2D eigenvalue weighted by molar-refractivity contribution is 0.0917. The summed E-state index contributed by atoms with van der Waals surface area (Å²) >= 11 is 11.7. The molecule has 2 aromatic heterocycles. The summed E-state index contributed by atoms with van der Waals surface area (Å²) in [7, 11) is 0. The van der Waals surface area contributed by atoms with Crippen LogP contribution in [-0.2, 0) is 6.61 Å². The Morgan fingerprint density at radius 1 is 1.09 bits per heavy atom. The molecule has 6 nitrogen and oxygen atoms in total. The van der Waals surface area contributed by atoms with E-state index < -0.39 is 5.82 Å². The van der Waals surface area contributed by atoms with Crippen molar-refractivity contribution >= 4 is 40.0 Å². The minimum Gasteiger partial charge on any atom is -0.489 e. The number of fused-ring (bicyclic) bond motifs is 1. The quantitative estimate of drug-likeness (QED) is 0.325. The molecule has 2 heterocycles. The van der Waals surface area contributed by atoms with Gasteiger partial charge in [-0.2, -0.15) is 5.10 Å². The van der Waals surface area contributed by atoms with Crippen LogP contribution in [0.2, 0.25) is 10.0 Å². The number of pyridine rings is 1. The smallest absolute Gasteiger partial charge is 0.270 e. The minimum atomic E-state index is -0.509. The zero-order chi connectivity index (χ0) is 24.4. The first kappa shape index (κ1) is 23.6. The molecule has 4 aromatic rings. The summed E-state index contributed by atoms with van der Waals surface area (Å²) in [6, 6.07) is 13.7. The van der Waals surface area contributed by atoms with E-state index in [2.05, 4.69) is 15.4 Å². The summed E-state index contributed by atoms with van der Waals surface area (Å²) in [5.74, 6) is -0.256. The van der Waals surface area contributed by atoms with Crippen LogP contribution in [0.1, 0.15) is 47.8 Å². The lowest BCUT2D eigenvalue weighted by Crippen LogP contribution is -2.38. The predicted octanol–water partition coefficient (Wildman–Crippen LogP) is 6.37. The summed E-state index contributed by atoms with van der Waals surface area (Å²) in [6.07, 6.45) is 7.24. The Balaban J connectivity index is 1.13. The third-order valence-corrected chi connectivity index (χ3v) is 6.78. The number of ether oxygens (including phenoxy) is 1. The number of benzene rings is 2. The van der Waals surface area contributed by atoms with Gasteiger partial charge in [0, 0.05) is 34.3 Å². The normalized spacial score (nSPS) is 17.9. The van der Waals surface area contributed by atoms with Crippen LogP contribution in [0.4, 0.5) is 4.39 Å². The van der Waals surface area contributed by atoms with E-state index in [1.807, 2.05) is 29.1 Å². The molecule has 2 aromatic carbocycles. The van der Waals surface area contributed by atoms with Crippen molar-refractivity contribution in [3.05, 3.63) is 88.0 Å². The van der Waals surface area contributed by atoms with E-state index in [-0.39, 0.29) is 29.6 Å². The summed E-state index contributed by atoms with van der Waals surface area (Å²) < 4.78 is 21.2. The molecule has 1 saturated carbocycles. The number of halogens is 3. The Kier molecular flexibility index (Phi) is 6.88. The van der Waals surface area contributed by atoms with Crippen LogP contribution in [0.3, 0.4) is 0 Å². The molecule has 1 fully saturated rings. The number of carbonyl (C=O) groups excluding carboxylic acids is 1. The molecule has 0 unspecified atom stereocenters. The maximum absolute atomic E-state index is 13.6. The average Bonchev–Trinajstić information content (AvgIpc) is 3.34. The van der Waals surface area contributed by atoms with Gasteiger partial charge >= 0.3 is 0 Å². The van der Waals surface area contributed by atoms with Gasteiger partial charge in [0.2, 0.25) is 0 Å². The number of hydrogen-bond donors (Lipinski definition) is 1. The zero-order valence-electron chi connectivity index (χ0n) is 18.8. The van der Waals surface area contributed by atoms with Crippen LogP contribution in [0, 0.1) is 5.82 Å². The average molecular weight is 513 g/mol. The standard InChI is InChI=1S/C26H23Cl2FN4O2/c27-18-2-10-24-17(11-18)1-9-25(32-24)26(34)31-19-3-5-20(6-4-19)33-14-16(13-30-33)15-35-21-7-8-22(28)23(29)12-21/h1-2,7-14,19-20H,3-6,15H2,(H,31,34). The van der Waals surface area contributed by atoms with Crippen LogP contribution in [0.25, 0.3) is 10.9 Å². The highest BCUT2D eigenvalue weighted by Gasteiger charge is 2.25. The van der Waals surface area contributed by atoms with Gasteiger partial charge in [0.25, 0.3) is 5.91 Å². The molecule has 0 aliphatic heterocycles. The van der Waals surface area contributed by atoms with E-state index in [1.165, 1.54) is 12.1 Å². The molecule has 0 bridgehead atoms. The molecular formula is C26H23Cl2FN4O2. The Hall–Kier alpha value is -3.16. The maximum atomic E-state index is 13.6. The molecule has 9 heteroatoms. The van der Waals surface area contributed by atoms with Gasteiger partial charge in [0.05, 0.1) is 22.8 Å². The van der Waals surface area contributed by atoms with Crippen molar-refractivity contribution in [2.24, 2.45) is 0 Å². The molecule has 1 N–H and O–H groups in total. The number of hydrogen-bond acceptors (Lipinski definition) is 4. The Bertz CT molecular complexity index is 1370. The van der Waals surface area contributed by atoms with E-state index >= 15 is 0 Å². The summed E-state index contributed by atoms with van der Waals surface area (Å²) in [5.41, 5.74) is 2.05. The van der Waals surface area contributed by atoms with Crippen molar-refractivity contribution in [1.29, 1.82) is 0 Å². The van der Waals surface area contributed by atoms with E-state index in [9.17, 15) is 9.18 Å². The van der Waals surface area contributed by atoms with Crippen molar-refractivity contribution < 1.29 is 13.9 Å². The largest absolute Gasteiger partial charge is 0.489 e. The van der Waals surface area contributed by atoms with Crippen LogP contribution >= 0.6 is 23.2 Å². The van der Waals surface area contributed by atoms with E-state index in [1.54, 1.807) is 24.4 Å². The second-order valence-electron chi connectivity index (χ2n) is 8.71. The summed E-state index contributed by atoms with van der Waals surface area (Å²) in [6.45, 7) is 0.289. The second kappa shape index (κ2) is 10.2. The Morgan fingerprint density at radius 3 is 2.71 bits per heavy atom. The van der Waals surface area contributed by atoms with Crippen molar-refractivity contribution in [3.63, 3.8) is 0 Å². The van der Waals surface area contributed by atoms with Crippen LogP contribution < -0.4 is 10.1 Å². The molecule has 5 rings (SSSR count). The lowest BCUT2D eigenvalue weighted by atomic mass is 9.91. The predicted molar refractivity (Wildman–Crippen MR) is 133 cm³/mol. The molecule has 0 saturated heterocycles. The molecule has 0 radical (unpaired) electrons. The van der Waals surface area contributed by atoms with Gasteiger partial charge in [-0.15, -0.1) is 0 Å². The Labute approximate surface area is 212 Å². The first-order valence-electron chi connectivity index (χ1n) is 11.4. The van der Waals surface area contributed by atoms with Crippen molar-refractivity contribution in [1.82, 2.24) is 20.1 Å². The van der Waals surface area contributed by atoms with Gasteiger partial charge in [-0.1, -0.05) is 29.3 Å². The van der Waals surface area contributed by atoms with E-state index in [4.69, 9.17) is 27.9 Å². The summed E-state index contributed by atoms with van der Waals surface area (Å²) in [5, 5.41) is 9.21. The van der Waals surface area contributed by atoms with E-state index in [0.717, 1.165) is 42.1 Å². The number of nitrogens with one attached hydrogen (secondary N) is 1. The fourth-order valence-electron chi connectivity index (χ4n) is 4.35. The fraction of sp³-hybridized carbons (Fsp3) is 0.269. The minimum absolute atomic E-state index is 0.0656. The highest BCUT2D eigenvalue weighted by Crippen LogP contribution is 2.29. The molecule has 0 spiro atoms. The lowest BCUT2D eigenvalue weighted by Gasteiger charge is -2.29. The molecule has 1 aliphatic rings. The number of nitrogens with zero attached hydrogens (tertiary/aromatic N) is 3. The molecule has 1 aliphatic carbocycles. The first-order valence-corrected chi connectivity index (χ1v) is 12.2. The monoisotopic (exact) mass is 512 g/mol. The molecule has 180 valence electrons. The first-order chi connectivity index (χ1) is 16.9. The zero-order valence-corrected chi connectivity index (χ0v) is 20.3. The van der Waals surface area contributed by atoms with Crippen molar-refractivity contribution in [2.75, 3.05) is 0 Å². The third kappa shape index (κ3) is 5.57. The summed E-state index contributed by atoms with van der Waals surface area (Å²) in [4.78, 5) is 17.2. The highest BCUT2D eigenvalue weighted by atomic mass is 35.5. The highest BCUT2D eigenvalue weighted by molar-refractivity contribution is 6.31. The maximum Gasteiger partial charge on any atom is 0.270 e. The molecular weight excluding hydrogens is 490 g/mol. The van der Waals surface area contributed by atoms with Crippen LogP contribution in [0.5, 0.6) is 5.75 Å². The molecule has 35 heavy (non-hydrogen) atoms. The van der Waals surface area contributed by atoms with Gasteiger partial charge in [-0.05, 0) is 62.1 Å². The van der Waals surface area contributed by atoms with Crippen molar-refractivity contribution in [3.8, 4) is 5.75 Å². The number of carbonyl (C=O) groups is 1.